The Hall–Kier alpha value is -4.18. The molecule has 6 aliphatic rings. The molecule has 1 aromatic heterocycles. The molecule has 4 aliphatic carbocycles. The molecule has 2 aliphatic heterocycles. The van der Waals surface area contributed by atoms with Crippen molar-refractivity contribution < 1.29 is 4.42 Å². The van der Waals surface area contributed by atoms with Gasteiger partial charge in [0.1, 0.15) is 5.58 Å². The fraction of sp³-hybridized carbons (Fsp3) is 0.500. The van der Waals surface area contributed by atoms with Crippen LogP contribution in [0, 0.1) is 35.5 Å². The maximum atomic E-state index is 7.41. The van der Waals surface area contributed by atoms with Gasteiger partial charge in [-0.05, 0) is 165 Å². The third-order valence-corrected chi connectivity index (χ3v) is 16.4. The molecule has 3 aromatic carbocycles. The van der Waals surface area contributed by atoms with Gasteiger partial charge in [0, 0.05) is 33.8 Å². The Bertz CT molecular complexity index is 2610. The molecule has 0 bridgehead atoms. The van der Waals surface area contributed by atoms with Crippen LogP contribution in [-0.2, 0) is 16.2 Å². The molecular formula is C56H69BN2O. The van der Waals surface area contributed by atoms with Crippen LogP contribution in [0.2, 0.25) is 0 Å². The number of allylic oxidation sites excluding steroid dienone is 6. The number of nitrogens with zero attached hydrogens (tertiary/aromatic N) is 2. The normalized spacial score (nSPS) is 24.2. The van der Waals surface area contributed by atoms with Gasteiger partial charge in [0.25, 0.3) is 6.71 Å². The average molecular weight is 797 g/mol. The minimum atomic E-state index is -0.0497. The van der Waals surface area contributed by atoms with Crippen LogP contribution < -0.4 is 26.4 Å². The highest BCUT2D eigenvalue weighted by Gasteiger charge is 2.51. The van der Waals surface area contributed by atoms with Crippen molar-refractivity contribution in [3.05, 3.63) is 112 Å². The number of hydrogen-bond acceptors (Lipinski definition) is 3. The molecule has 2 atom stereocenters. The first-order valence-electron chi connectivity index (χ1n) is 23.4. The molecule has 312 valence electrons. The third-order valence-electron chi connectivity index (χ3n) is 16.4. The molecule has 0 N–H and O–H groups in total. The summed E-state index contributed by atoms with van der Waals surface area (Å²) in [5, 5.41) is 1.22. The van der Waals surface area contributed by atoms with Gasteiger partial charge in [-0.2, -0.15) is 0 Å². The van der Waals surface area contributed by atoms with Gasteiger partial charge in [0.05, 0.1) is 11.3 Å². The molecule has 2 unspecified atom stereocenters. The van der Waals surface area contributed by atoms with Crippen molar-refractivity contribution in [2.24, 2.45) is 28.6 Å². The van der Waals surface area contributed by atoms with Gasteiger partial charge < -0.3 is 14.2 Å². The number of hydrogen-bond donors (Lipinski definition) is 0. The molecule has 0 radical (unpaired) electrons. The largest absolute Gasteiger partial charge is 0.468 e. The smallest absolute Gasteiger partial charge is 0.297 e. The van der Waals surface area contributed by atoms with Crippen molar-refractivity contribution in [1.29, 1.82) is 0 Å². The Labute approximate surface area is 362 Å². The number of anilines is 4. The minimum absolute atomic E-state index is 0.00432. The van der Waals surface area contributed by atoms with E-state index in [1.54, 1.807) is 0 Å². The van der Waals surface area contributed by atoms with Crippen LogP contribution in [0.3, 0.4) is 0 Å². The molecular weight excluding hydrogens is 727 g/mol. The van der Waals surface area contributed by atoms with Crippen molar-refractivity contribution in [3.63, 3.8) is 0 Å². The maximum absolute atomic E-state index is 7.41. The van der Waals surface area contributed by atoms with Gasteiger partial charge in [-0.15, -0.1) is 0 Å². The summed E-state index contributed by atoms with van der Waals surface area (Å²) < 4.78 is 7.41. The Kier molecular flexibility index (Phi) is 8.61. The monoisotopic (exact) mass is 797 g/mol. The Morgan fingerprint density at radius 3 is 2.03 bits per heavy atom. The highest BCUT2D eigenvalue weighted by atomic mass is 16.3. The summed E-state index contributed by atoms with van der Waals surface area (Å²) in [7, 11) is 0. The van der Waals surface area contributed by atoms with Gasteiger partial charge in [-0.1, -0.05) is 126 Å². The van der Waals surface area contributed by atoms with E-state index in [4.69, 9.17) is 4.42 Å². The molecule has 1 saturated carbocycles. The first-order chi connectivity index (χ1) is 28.1. The molecule has 3 nitrogen and oxygen atoms in total. The highest BCUT2D eigenvalue weighted by Crippen LogP contribution is 2.57. The zero-order valence-corrected chi connectivity index (χ0v) is 39.3. The van der Waals surface area contributed by atoms with Crippen LogP contribution in [0.25, 0.3) is 11.0 Å². The van der Waals surface area contributed by atoms with E-state index in [1.807, 2.05) is 0 Å². The van der Waals surface area contributed by atoms with E-state index in [-0.39, 0.29) is 33.8 Å². The molecule has 0 saturated heterocycles. The Morgan fingerprint density at radius 1 is 0.733 bits per heavy atom. The van der Waals surface area contributed by atoms with Crippen molar-refractivity contribution in [2.45, 2.75) is 152 Å². The summed E-state index contributed by atoms with van der Waals surface area (Å²) in [6.07, 6.45) is 19.8. The summed E-state index contributed by atoms with van der Waals surface area (Å²) in [6.45, 7) is 34.0. The second kappa shape index (κ2) is 12.9. The quantitative estimate of drug-likeness (QED) is 0.193. The van der Waals surface area contributed by atoms with Crippen LogP contribution in [0.15, 0.2) is 94.2 Å². The van der Waals surface area contributed by atoms with Crippen molar-refractivity contribution >= 4 is 57.0 Å². The lowest BCUT2D eigenvalue weighted by Gasteiger charge is -2.52. The fourth-order valence-electron chi connectivity index (χ4n) is 12.4. The standard InChI is InChI=1S/C56H69BN2O/c1-33(2)37-17-15-16-18-44(37)59-47-28-34(3)27-46-49(47)57(51-50(59)38-29-35(52(4,5)6)19-22-48(38)60-51)43-31-41-42(56(13,14)26-25-55(41,11)12)32-45(43)58(46)36-20-21-39-40(30-36)54(9,10)24-23-53(39,7)8/h17-22,27-33,39-40H,15-16,23-26H2,1-14H3. The van der Waals surface area contributed by atoms with Crippen molar-refractivity contribution in [1.82, 2.24) is 0 Å². The lowest BCUT2D eigenvalue weighted by Crippen LogP contribution is -2.62. The summed E-state index contributed by atoms with van der Waals surface area (Å²) >= 11 is 0. The number of fused-ring (bicyclic) bond motifs is 8. The lowest BCUT2D eigenvalue weighted by atomic mass is 9.35. The van der Waals surface area contributed by atoms with Crippen LogP contribution >= 0.6 is 0 Å². The van der Waals surface area contributed by atoms with Crippen molar-refractivity contribution in [2.75, 3.05) is 9.80 Å². The molecule has 4 heteroatoms. The van der Waals surface area contributed by atoms with E-state index in [1.165, 1.54) is 104 Å². The third kappa shape index (κ3) is 5.81. The van der Waals surface area contributed by atoms with E-state index in [9.17, 15) is 0 Å². The van der Waals surface area contributed by atoms with Crippen LogP contribution in [0.4, 0.5) is 22.7 Å². The first kappa shape index (κ1) is 39.9. The van der Waals surface area contributed by atoms with Gasteiger partial charge in [0.15, 0.2) is 0 Å². The number of rotatable bonds is 3. The summed E-state index contributed by atoms with van der Waals surface area (Å²) in [6, 6.07) is 17.3. The average Bonchev–Trinajstić information content (AvgIpc) is 3.56. The maximum Gasteiger partial charge on any atom is 0.297 e. The predicted octanol–water partition coefficient (Wildman–Crippen LogP) is 13.6. The first-order valence-corrected chi connectivity index (χ1v) is 23.4. The second-order valence-corrected chi connectivity index (χ2v) is 23.8. The van der Waals surface area contributed by atoms with Crippen LogP contribution in [0.5, 0.6) is 0 Å². The van der Waals surface area contributed by atoms with E-state index in [0.717, 1.165) is 24.1 Å². The molecule has 0 spiro atoms. The Morgan fingerprint density at radius 2 is 1.37 bits per heavy atom. The predicted molar refractivity (Wildman–Crippen MR) is 258 cm³/mol. The number of benzene rings is 3. The van der Waals surface area contributed by atoms with Crippen LogP contribution in [-0.4, -0.2) is 6.71 Å². The summed E-state index contributed by atoms with van der Waals surface area (Å²) in [4.78, 5) is 5.36. The molecule has 0 amide bonds. The Balaban J connectivity index is 1.32. The van der Waals surface area contributed by atoms with E-state index >= 15 is 0 Å². The van der Waals surface area contributed by atoms with E-state index < -0.39 is 0 Å². The second-order valence-electron chi connectivity index (χ2n) is 23.8. The van der Waals surface area contributed by atoms with E-state index in [2.05, 4.69) is 180 Å². The number of aryl methyl sites for hydroxylation is 1. The molecule has 4 aromatic rings. The molecule has 10 rings (SSSR count). The SMILES string of the molecule is Cc1cc2c3c(c1)N(C1=CCCC=C1C(C)C)c1c(oc4ccc(C(C)(C)C)cc14)B3c1cc3c(cc1N2C1=CC2C(C=C1)C(C)(C)CCC2(C)C)C(C)(C)CCC3(C)C. The number of furan rings is 1. The van der Waals surface area contributed by atoms with Gasteiger partial charge in [-0.3, -0.25) is 0 Å². The van der Waals surface area contributed by atoms with Crippen molar-refractivity contribution in [3.8, 4) is 0 Å². The van der Waals surface area contributed by atoms with Crippen LogP contribution in [0.1, 0.15) is 151 Å². The zero-order chi connectivity index (χ0) is 42.6. The molecule has 1 fully saturated rings. The van der Waals surface area contributed by atoms with Gasteiger partial charge in [-0.25, -0.2) is 0 Å². The minimum Gasteiger partial charge on any atom is -0.468 e. The highest BCUT2D eigenvalue weighted by molar-refractivity contribution is 6.99. The summed E-state index contributed by atoms with van der Waals surface area (Å²) in [5.74, 6) is 1.37. The molecule has 60 heavy (non-hydrogen) atoms. The zero-order valence-electron chi connectivity index (χ0n) is 39.3. The van der Waals surface area contributed by atoms with Gasteiger partial charge >= 0.3 is 0 Å². The van der Waals surface area contributed by atoms with E-state index in [0.29, 0.717) is 17.8 Å². The summed E-state index contributed by atoms with van der Waals surface area (Å²) in [5.41, 5.74) is 20.3. The van der Waals surface area contributed by atoms with Gasteiger partial charge in [0.2, 0.25) is 0 Å². The fourth-order valence-corrected chi connectivity index (χ4v) is 12.4. The molecule has 3 heterocycles. The topological polar surface area (TPSA) is 19.6 Å². The lowest BCUT2D eigenvalue weighted by molar-refractivity contribution is 0.0327.